The molecule has 0 bridgehead atoms. The number of amides is 2. The zero-order chi connectivity index (χ0) is 17.7. The number of hydrogen-bond donors (Lipinski definition) is 2. The molecular formula is C14H26N2O6. The molecule has 0 radical (unpaired) electrons. The molecule has 2 amide bonds. The molecule has 0 aliphatic rings. The van der Waals surface area contributed by atoms with Gasteiger partial charge in [-0.05, 0) is 48.5 Å². The van der Waals surface area contributed by atoms with Gasteiger partial charge < -0.3 is 14.6 Å². The highest BCUT2D eigenvalue weighted by Crippen LogP contribution is 2.15. The van der Waals surface area contributed by atoms with Crippen LogP contribution < -0.4 is 5.32 Å². The van der Waals surface area contributed by atoms with E-state index in [1.54, 1.807) is 41.5 Å². The summed E-state index contributed by atoms with van der Waals surface area (Å²) in [6.45, 7) is 11.0. The number of carboxylic acid groups (broad SMARTS) is 1. The zero-order valence-corrected chi connectivity index (χ0v) is 14.2. The van der Waals surface area contributed by atoms with Gasteiger partial charge in [0.05, 0.1) is 12.7 Å². The third-order valence-corrected chi connectivity index (χ3v) is 2.12. The summed E-state index contributed by atoms with van der Waals surface area (Å²) in [5, 5.41) is 11.2. The lowest BCUT2D eigenvalue weighted by molar-refractivity contribution is -0.136. The number of carboxylic acids is 1. The molecule has 0 aromatic carbocycles. The minimum atomic E-state index is -1.11. The molecular weight excluding hydrogens is 292 g/mol. The molecule has 0 fully saturated rings. The minimum Gasteiger partial charge on any atom is -0.480 e. The van der Waals surface area contributed by atoms with Crippen molar-refractivity contribution in [3.8, 4) is 0 Å². The van der Waals surface area contributed by atoms with Gasteiger partial charge in [-0.25, -0.2) is 9.59 Å². The Bertz CT molecular complexity index is 394. The van der Waals surface area contributed by atoms with Crippen molar-refractivity contribution in [2.45, 2.75) is 65.8 Å². The van der Waals surface area contributed by atoms with E-state index in [-0.39, 0.29) is 0 Å². The molecule has 0 heterocycles. The van der Waals surface area contributed by atoms with E-state index in [4.69, 9.17) is 14.6 Å². The summed E-state index contributed by atoms with van der Waals surface area (Å²) < 4.78 is 10.3. The lowest BCUT2D eigenvalue weighted by atomic mass is 10.2. The van der Waals surface area contributed by atoms with Crippen molar-refractivity contribution in [1.82, 2.24) is 10.2 Å². The minimum absolute atomic E-state index is 0.413. The van der Waals surface area contributed by atoms with Crippen LogP contribution in [0.4, 0.5) is 9.59 Å². The molecule has 0 spiro atoms. The number of nitrogens with zero attached hydrogens (tertiary/aromatic N) is 1. The van der Waals surface area contributed by atoms with E-state index in [9.17, 15) is 14.4 Å². The number of carbonyl (C=O) groups excluding carboxylic acids is 2. The predicted molar refractivity (Wildman–Crippen MR) is 79.4 cm³/mol. The van der Waals surface area contributed by atoms with Crippen molar-refractivity contribution in [2.24, 2.45) is 0 Å². The van der Waals surface area contributed by atoms with E-state index in [1.165, 1.54) is 6.92 Å². The summed E-state index contributed by atoms with van der Waals surface area (Å²) in [4.78, 5) is 35.7. The van der Waals surface area contributed by atoms with Crippen LogP contribution in [0.25, 0.3) is 0 Å². The molecule has 0 aliphatic carbocycles. The number of ether oxygens (including phenoxy) is 2. The fraction of sp³-hybridized carbons (Fsp3) is 0.786. The first-order valence-electron chi connectivity index (χ1n) is 6.93. The molecule has 2 N–H and O–H groups in total. The average Bonchev–Trinajstić information content (AvgIpc) is 2.20. The fourth-order valence-corrected chi connectivity index (χ4v) is 1.34. The summed E-state index contributed by atoms with van der Waals surface area (Å²) in [6.07, 6.45) is -2.72. The molecule has 0 aliphatic heterocycles. The molecule has 8 nitrogen and oxygen atoms in total. The Morgan fingerprint density at radius 2 is 1.36 bits per heavy atom. The van der Waals surface area contributed by atoms with Crippen molar-refractivity contribution in [3.05, 3.63) is 0 Å². The lowest BCUT2D eigenvalue weighted by Crippen LogP contribution is -2.53. The quantitative estimate of drug-likeness (QED) is 0.765. The number of nitrogens with one attached hydrogen (secondary N) is 1. The van der Waals surface area contributed by atoms with Crippen LogP contribution >= 0.6 is 0 Å². The van der Waals surface area contributed by atoms with Crippen LogP contribution in [0, 0.1) is 0 Å². The smallest absolute Gasteiger partial charge is 0.421 e. The molecule has 22 heavy (non-hydrogen) atoms. The second kappa shape index (κ2) is 7.44. The highest BCUT2D eigenvalue weighted by atomic mass is 16.6. The van der Waals surface area contributed by atoms with Gasteiger partial charge in [0.2, 0.25) is 0 Å². The zero-order valence-electron chi connectivity index (χ0n) is 14.2. The Morgan fingerprint density at radius 1 is 1.00 bits per heavy atom. The highest BCUT2D eigenvalue weighted by Gasteiger charge is 2.34. The van der Waals surface area contributed by atoms with Crippen LogP contribution in [0.15, 0.2) is 0 Å². The number of carbonyl (C=O) groups is 3. The van der Waals surface area contributed by atoms with Gasteiger partial charge in [-0.1, -0.05) is 0 Å². The highest BCUT2D eigenvalue weighted by molar-refractivity contribution is 5.88. The first kappa shape index (κ1) is 20.2. The Hall–Kier alpha value is -1.83. The molecule has 1 unspecified atom stereocenters. The molecule has 8 heteroatoms. The Kier molecular flexibility index (Phi) is 6.82. The lowest BCUT2D eigenvalue weighted by Gasteiger charge is -2.32. The van der Waals surface area contributed by atoms with Crippen molar-refractivity contribution in [2.75, 3.05) is 6.54 Å². The third-order valence-electron chi connectivity index (χ3n) is 2.12. The van der Waals surface area contributed by atoms with Gasteiger partial charge in [0.15, 0.2) is 0 Å². The maximum absolute atomic E-state index is 12.2. The van der Waals surface area contributed by atoms with E-state index in [1.807, 2.05) is 0 Å². The second-order valence-corrected chi connectivity index (χ2v) is 6.78. The first-order valence-corrected chi connectivity index (χ1v) is 6.93. The second-order valence-electron chi connectivity index (χ2n) is 6.78. The van der Waals surface area contributed by atoms with Gasteiger partial charge in [-0.3, -0.25) is 10.1 Å². The maximum atomic E-state index is 12.2. The van der Waals surface area contributed by atoms with Gasteiger partial charge in [0.25, 0.3) is 0 Å². The molecule has 0 aromatic heterocycles. The molecule has 0 saturated heterocycles. The van der Waals surface area contributed by atoms with Crippen molar-refractivity contribution in [1.29, 1.82) is 0 Å². The Labute approximate surface area is 130 Å². The molecule has 1 atom stereocenters. The SMILES string of the molecule is CC(NCC(=O)O)N(C(=O)OC(C)(C)C)C(=O)OC(C)(C)C. The largest absolute Gasteiger partial charge is 0.480 e. The van der Waals surface area contributed by atoms with E-state index >= 15 is 0 Å². The van der Waals surface area contributed by atoms with Crippen LogP contribution in [0.1, 0.15) is 48.5 Å². The number of imide groups is 1. The van der Waals surface area contributed by atoms with E-state index < -0.39 is 42.1 Å². The first-order chi connectivity index (χ1) is 9.73. The summed E-state index contributed by atoms with van der Waals surface area (Å²) in [6, 6.07) is 0. The van der Waals surface area contributed by atoms with Crippen molar-refractivity contribution < 1.29 is 29.0 Å². The van der Waals surface area contributed by atoms with Gasteiger partial charge in [0.1, 0.15) is 11.2 Å². The number of hydrogen-bond acceptors (Lipinski definition) is 6. The molecule has 128 valence electrons. The number of aliphatic carboxylic acids is 1. The van der Waals surface area contributed by atoms with Crippen LogP contribution in [0.5, 0.6) is 0 Å². The fourth-order valence-electron chi connectivity index (χ4n) is 1.34. The van der Waals surface area contributed by atoms with Gasteiger partial charge in [-0.15, -0.1) is 0 Å². The van der Waals surface area contributed by atoms with E-state index in [2.05, 4.69) is 5.32 Å². The third kappa shape index (κ3) is 8.46. The van der Waals surface area contributed by atoms with Gasteiger partial charge >= 0.3 is 18.2 Å². The van der Waals surface area contributed by atoms with Crippen LogP contribution in [-0.2, 0) is 14.3 Å². The van der Waals surface area contributed by atoms with Crippen molar-refractivity contribution >= 4 is 18.2 Å². The average molecular weight is 318 g/mol. The monoisotopic (exact) mass is 318 g/mol. The normalized spacial score (nSPS) is 13.2. The Balaban J connectivity index is 5.17. The molecule has 0 saturated carbocycles. The Morgan fingerprint density at radius 3 is 1.64 bits per heavy atom. The number of rotatable bonds is 4. The van der Waals surface area contributed by atoms with Gasteiger partial charge in [0, 0.05) is 0 Å². The topological polar surface area (TPSA) is 105 Å². The summed E-state index contributed by atoms with van der Waals surface area (Å²) in [7, 11) is 0. The van der Waals surface area contributed by atoms with Crippen molar-refractivity contribution in [3.63, 3.8) is 0 Å². The van der Waals surface area contributed by atoms with Crippen LogP contribution in [0.3, 0.4) is 0 Å². The van der Waals surface area contributed by atoms with Crippen LogP contribution in [0.2, 0.25) is 0 Å². The summed E-state index contributed by atoms with van der Waals surface area (Å²) in [5.74, 6) is -1.11. The van der Waals surface area contributed by atoms with Gasteiger partial charge in [-0.2, -0.15) is 4.90 Å². The summed E-state index contributed by atoms with van der Waals surface area (Å²) >= 11 is 0. The molecule has 0 rings (SSSR count). The molecule has 0 aromatic rings. The standard InChI is InChI=1S/C14H26N2O6/c1-9(15-8-10(17)18)16(11(19)21-13(2,3)4)12(20)22-14(5,6)7/h9,15H,8H2,1-7H3,(H,17,18). The van der Waals surface area contributed by atoms with E-state index in [0.29, 0.717) is 0 Å². The predicted octanol–water partition coefficient (Wildman–Crippen LogP) is 2.18. The summed E-state index contributed by atoms with van der Waals surface area (Å²) in [5.41, 5.74) is -1.60. The van der Waals surface area contributed by atoms with E-state index in [0.717, 1.165) is 4.90 Å². The maximum Gasteiger partial charge on any atom is 0.421 e. The van der Waals surface area contributed by atoms with Crippen LogP contribution in [-0.4, -0.2) is 52.1 Å².